The standard InChI is InChI=1S/C45H37N3/c1-45(2)37-16-8-5-13-33(37)34-25-21-30(27-38(34)45)43-35-14-6-9-17-39(35)46-44(47-43)29-19-23-31(24-20-29)48-40-18-10-7-15-36(40)42-32-12-4-3-11-28(32)22-26-41(42)48/h3-5,8,11-23,25-27,31H,6-7,9-10,24H2,1-2H3. The van der Waals surface area contributed by atoms with Gasteiger partial charge >= 0.3 is 0 Å². The lowest BCUT2D eigenvalue weighted by atomic mass is 9.82. The van der Waals surface area contributed by atoms with Crippen LogP contribution < -0.4 is 21.1 Å². The van der Waals surface area contributed by atoms with E-state index in [4.69, 9.17) is 9.97 Å². The Labute approximate surface area is 280 Å². The second-order valence-corrected chi connectivity index (χ2v) is 14.3. The third kappa shape index (κ3) is 4.00. The van der Waals surface area contributed by atoms with Crippen LogP contribution in [0.1, 0.15) is 68.9 Å². The lowest BCUT2D eigenvalue weighted by Crippen LogP contribution is -2.34. The molecule has 2 heterocycles. The lowest BCUT2D eigenvalue weighted by molar-refractivity contribution is 0.613. The molecular weight excluding hydrogens is 583 g/mol. The van der Waals surface area contributed by atoms with E-state index in [2.05, 4.69) is 140 Å². The third-order valence-corrected chi connectivity index (χ3v) is 11.2. The summed E-state index contributed by atoms with van der Waals surface area (Å²) in [6.07, 6.45) is 21.6. The van der Waals surface area contributed by atoms with Gasteiger partial charge in [0, 0.05) is 37.7 Å². The Hall–Kier alpha value is -5.28. The molecule has 0 radical (unpaired) electrons. The van der Waals surface area contributed by atoms with Gasteiger partial charge in [-0.3, -0.25) is 0 Å². The molecule has 4 aliphatic carbocycles. The molecule has 1 unspecified atom stereocenters. The van der Waals surface area contributed by atoms with E-state index in [9.17, 15) is 0 Å². The topological polar surface area (TPSA) is 30.7 Å². The fraction of sp³-hybridized carbons (Fsp3) is 0.200. The Morgan fingerprint density at radius 1 is 0.708 bits per heavy atom. The average molecular weight is 620 g/mol. The van der Waals surface area contributed by atoms with E-state index in [0.29, 0.717) is 0 Å². The van der Waals surface area contributed by atoms with Gasteiger partial charge in [0.2, 0.25) is 0 Å². The van der Waals surface area contributed by atoms with Crippen LogP contribution in [0.5, 0.6) is 0 Å². The van der Waals surface area contributed by atoms with E-state index in [0.717, 1.165) is 54.5 Å². The van der Waals surface area contributed by atoms with Crippen LogP contribution in [0, 0.1) is 0 Å². The number of benzene rings is 4. The minimum absolute atomic E-state index is 0.0549. The maximum atomic E-state index is 5.34. The molecule has 3 nitrogen and oxygen atoms in total. The number of aromatic nitrogens is 3. The molecule has 10 rings (SSSR count). The molecule has 3 heteroatoms. The first-order valence-electron chi connectivity index (χ1n) is 17.5. The zero-order chi connectivity index (χ0) is 32.0. The minimum atomic E-state index is -0.0549. The number of fused-ring (bicyclic) bond motifs is 9. The van der Waals surface area contributed by atoms with E-state index in [-0.39, 0.29) is 11.5 Å². The summed E-state index contributed by atoms with van der Waals surface area (Å²) >= 11 is 0. The predicted octanol–water partition coefficient (Wildman–Crippen LogP) is 7.85. The van der Waals surface area contributed by atoms with Crippen molar-refractivity contribution in [3.05, 3.63) is 135 Å². The van der Waals surface area contributed by atoms with Crippen molar-refractivity contribution in [3.8, 4) is 22.4 Å². The van der Waals surface area contributed by atoms with Crippen molar-refractivity contribution < 1.29 is 0 Å². The quantitative estimate of drug-likeness (QED) is 0.202. The first-order valence-corrected chi connectivity index (χ1v) is 17.5. The maximum absolute atomic E-state index is 5.34. The summed E-state index contributed by atoms with van der Waals surface area (Å²) in [6.45, 7) is 4.69. The number of hydrogen-bond acceptors (Lipinski definition) is 2. The number of nitrogens with zero attached hydrogens (tertiary/aromatic N) is 3. The van der Waals surface area contributed by atoms with Gasteiger partial charge in [-0.05, 0) is 77.3 Å². The molecule has 4 aliphatic rings. The molecule has 1 atom stereocenters. The largest absolute Gasteiger partial charge is 0.333 e. The molecule has 0 bridgehead atoms. The molecule has 232 valence electrons. The Kier molecular flexibility index (Phi) is 6.00. The van der Waals surface area contributed by atoms with Crippen molar-refractivity contribution in [2.45, 2.75) is 57.4 Å². The van der Waals surface area contributed by atoms with Crippen LogP contribution in [-0.4, -0.2) is 14.5 Å². The third-order valence-electron chi connectivity index (χ3n) is 11.2. The van der Waals surface area contributed by atoms with Gasteiger partial charge in [-0.25, -0.2) is 9.97 Å². The maximum Gasteiger partial charge on any atom is 0.160 e. The van der Waals surface area contributed by atoms with E-state index < -0.39 is 0 Å². The van der Waals surface area contributed by atoms with Gasteiger partial charge in [0.15, 0.2) is 5.82 Å². The van der Waals surface area contributed by atoms with Gasteiger partial charge in [-0.15, -0.1) is 0 Å². The minimum Gasteiger partial charge on any atom is -0.333 e. The van der Waals surface area contributed by atoms with Crippen LogP contribution in [0.15, 0.2) is 97.1 Å². The van der Waals surface area contributed by atoms with Gasteiger partial charge in [0.25, 0.3) is 0 Å². The fourth-order valence-corrected chi connectivity index (χ4v) is 8.81. The average Bonchev–Trinajstić information content (AvgIpc) is 3.60. The normalized spacial score (nSPS) is 18.5. The zero-order valence-electron chi connectivity index (χ0n) is 27.5. The number of rotatable bonds is 3. The highest BCUT2D eigenvalue weighted by atomic mass is 15.0. The SMILES string of the molecule is CC1(C)c2ccccc2-c2ccc(-c3nc(C4=CCC(n5c6c(c7c8ccccc8ccc75)=CCCC=6)C=C4)nc4c3=CCCC=4)cc21. The van der Waals surface area contributed by atoms with Crippen LogP contribution in [-0.2, 0) is 5.41 Å². The molecule has 4 aromatic carbocycles. The molecule has 0 aliphatic heterocycles. The fourth-order valence-electron chi connectivity index (χ4n) is 8.81. The van der Waals surface area contributed by atoms with Crippen molar-refractivity contribution in [3.63, 3.8) is 0 Å². The van der Waals surface area contributed by atoms with Crippen molar-refractivity contribution in [1.29, 1.82) is 0 Å². The molecule has 0 N–H and O–H groups in total. The molecule has 0 amide bonds. The summed E-state index contributed by atoms with van der Waals surface area (Å²) in [5.41, 5.74) is 10.0. The first-order chi connectivity index (χ1) is 23.6. The molecule has 6 aromatic rings. The molecule has 0 spiro atoms. The van der Waals surface area contributed by atoms with Crippen molar-refractivity contribution in [2.75, 3.05) is 0 Å². The van der Waals surface area contributed by atoms with E-state index in [1.54, 1.807) is 0 Å². The summed E-state index contributed by atoms with van der Waals surface area (Å²) in [7, 11) is 0. The van der Waals surface area contributed by atoms with Gasteiger partial charge < -0.3 is 4.57 Å². The van der Waals surface area contributed by atoms with Crippen LogP contribution in [0.2, 0.25) is 0 Å². The van der Waals surface area contributed by atoms with Gasteiger partial charge in [0.05, 0.1) is 22.6 Å². The summed E-state index contributed by atoms with van der Waals surface area (Å²) in [5, 5.41) is 9.01. The monoisotopic (exact) mass is 619 g/mol. The van der Waals surface area contributed by atoms with Crippen molar-refractivity contribution in [2.24, 2.45) is 0 Å². The highest BCUT2D eigenvalue weighted by molar-refractivity contribution is 6.07. The highest BCUT2D eigenvalue weighted by Crippen LogP contribution is 2.49. The summed E-state index contributed by atoms with van der Waals surface area (Å²) in [5.74, 6) is 0.818. The molecule has 2 aromatic heterocycles. The predicted molar refractivity (Wildman–Crippen MR) is 200 cm³/mol. The Bertz CT molecular complexity index is 2680. The Morgan fingerprint density at radius 2 is 1.50 bits per heavy atom. The van der Waals surface area contributed by atoms with Crippen LogP contribution in [0.4, 0.5) is 0 Å². The van der Waals surface area contributed by atoms with Crippen LogP contribution >= 0.6 is 0 Å². The number of allylic oxidation sites excluding steroid dienone is 4. The molecular formula is C45H37N3. The second-order valence-electron chi connectivity index (χ2n) is 14.3. The Balaban J connectivity index is 1.07. The Morgan fingerprint density at radius 3 is 2.40 bits per heavy atom. The van der Waals surface area contributed by atoms with E-state index in [1.165, 1.54) is 65.3 Å². The lowest BCUT2D eigenvalue weighted by Gasteiger charge is -2.22. The van der Waals surface area contributed by atoms with Gasteiger partial charge in [-0.1, -0.05) is 123 Å². The second kappa shape index (κ2) is 10.4. The molecule has 0 fully saturated rings. The van der Waals surface area contributed by atoms with Crippen molar-refractivity contribution >= 4 is 51.6 Å². The van der Waals surface area contributed by atoms with E-state index in [1.807, 2.05) is 0 Å². The van der Waals surface area contributed by atoms with Gasteiger partial charge in [-0.2, -0.15) is 0 Å². The summed E-state index contributed by atoms with van der Waals surface area (Å²) < 4.78 is 2.57. The van der Waals surface area contributed by atoms with E-state index >= 15 is 0 Å². The van der Waals surface area contributed by atoms with Crippen LogP contribution in [0.25, 0.3) is 73.9 Å². The zero-order valence-corrected chi connectivity index (χ0v) is 27.5. The summed E-state index contributed by atoms with van der Waals surface area (Å²) in [6, 6.07) is 29.5. The molecule has 0 saturated heterocycles. The van der Waals surface area contributed by atoms with Crippen LogP contribution in [0.3, 0.4) is 0 Å². The molecule has 0 saturated carbocycles. The molecule has 48 heavy (non-hydrogen) atoms. The van der Waals surface area contributed by atoms with Gasteiger partial charge in [0.1, 0.15) is 0 Å². The highest BCUT2D eigenvalue weighted by Gasteiger charge is 2.35. The number of hydrogen-bond donors (Lipinski definition) is 0. The summed E-state index contributed by atoms with van der Waals surface area (Å²) in [4.78, 5) is 10.5. The van der Waals surface area contributed by atoms with Crippen molar-refractivity contribution in [1.82, 2.24) is 14.5 Å². The first kappa shape index (κ1) is 27.8. The smallest absolute Gasteiger partial charge is 0.160 e.